The van der Waals surface area contributed by atoms with Crippen LogP contribution in [-0.2, 0) is 4.79 Å². The molecule has 3 rings (SSSR count). The van der Waals surface area contributed by atoms with Gasteiger partial charge in [0.05, 0.1) is 12.0 Å². The molecule has 8 nitrogen and oxygen atoms in total. The van der Waals surface area contributed by atoms with Crippen LogP contribution in [0.25, 0.3) is 0 Å². The average molecular weight is 472 g/mol. The molecule has 9 heteroatoms. The Morgan fingerprint density at radius 3 is 2.64 bits per heavy atom. The Hall–Kier alpha value is -3.10. The van der Waals surface area contributed by atoms with Crippen LogP contribution in [0.3, 0.4) is 0 Å². The van der Waals surface area contributed by atoms with Crippen LogP contribution in [0.2, 0.25) is 5.02 Å². The Labute approximate surface area is 198 Å². The van der Waals surface area contributed by atoms with Gasteiger partial charge >= 0.3 is 5.97 Å². The molecule has 1 aliphatic heterocycles. The van der Waals surface area contributed by atoms with Gasteiger partial charge in [-0.2, -0.15) is 0 Å². The first-order valence-corrected chi connectivity index (χ1v) is 11.5. The van der Waals surface area contributed by atoms with Gasteiger partial charge in [0, 0.05) is 41.1 Å². The number of hydrogen-bond acceptors (Lipinski definition) is 5. The van der Waals surface area contributed by atoms with Crippen molar-refractivity contribution in [3.63, 3.8) is 0 Å². The average Bonchev–Trinajstić information content (AvgIpc) is 2.79. The van der Waals surface area contributed by atoms with Crippen molar-refractivity contribution in [3.05, 3.63) is 58.6 Å². The molecule has 2 aromatic rings. The van der Waals surface area contributed by atoms with Crippen LogP contribution in [-0.4, -0.2) is 53.4 Å². The lowest BCUT2D eigenvalue weighted by atomic mass is 9.99. The summed E-state index contributed by atoms with van der Waals surface area (Å²) in [5.74, 6) is -1.10. The van der Waals surface area contributed by atoms with Crippen LogP contribution in [0.5, 0.6) is 0 Å². The molecule has 2 aromatic carbocycles. The standard InChI is InChI=1S/C24H30ClN5O3/c25-17-6-9-21(28-12-10-19-3-1-2-13-30(19)14-11-22(31)32)20(15-17)24(33)29-18-7-4-16(5-8-18)23(26)27/h4-9,15,19,28H,1-3,10-14H2,(H3,26,27)(H,29,33)(H,31,32). The van der Waals surface area contributed by atoms with Gasteiger partial charge in [-0.25, -0.2) is 0 Å². The highest BCUT2D eigenvalue weighted by molar-refractivity contribution is 6.31. The first-order chi connectivity index (χ1) is 15.8. The first-order valence-electron chi connectivity index (χ1n) is 11.1. The molecule has 0 bridgehead atoms. The van der Waals surface area contributed by atoms with Crippen molar-refractivity contribution in [2.75, 3.05) is 30.3 Å². The number of carboxylic acid groups (broad SMARTS) is 1. The van der Waals surface area contributed by atoms with Gasteiger partial charge in [-0.15, -0.1) is 0 Å². The van der Waals surface area contributed by atoms with Gasteiger partial charge in [-0.1, -0.05) is 18.0 Å². The molecule has 1 amide bonds. The summed E-state index contributed by atoms with van der Waals surface area (Å²) >= 11 is 6.15. The number of carbonyl (C=O) groups excluding carboxylic acids is 1. The Kier molecular flexibility index (Phi) is 8.68. The zero-order valence-corrected chi connectivity index (χ0v) is 19.2. The lowest BCUT2D eigenvalue weighted by molar-refractivity contribution is -0.137. The third-order valence-corrected chi connectivity index (χ3v) is 6.07. The fourth-order valence-electron chi connectivity index (χ4n) is 4.08. The summed E-state index contributed by atoms with van der Waals surface area (Å²) in [6.07, 6.45) is 4.30. The molecular formula is C24H30ClN5O3. The molecule has 0 aliphatic carbocycles. The van der Waals surface area contributed by atoms with Crippen molar-refractivity contribution in [1.29, 1.82) is 5.41 Å². The van der Waals surface area contributed by atoms with Crippen molar-refractivity contribution in [2.24, 2.45) is 5.73 Å². The first kappa shape index (κ1) is 24.5. The highest BCUT2D eigenvalue weighted by atomic mass is 35.5. The number of nitrogens with one attached hydrogen (secondary N) is 3. The number of anilines is 2. The highest BCUT2D eigenvalue weighted by Gasteiger charge is 2.22. The molecule has 1 fully saturated rings. The lowest BCUT2D eigenvalue weighted by Gasteiger charge is -2.35. The Bertz CT molecular complexity index is 996. The number of halogens is 1. The number of nitrogens with two attached hydrogens (primary N) is 1. The van der Waals surface area contributed by atoms with Crippen LogP contribution in [0, 0.1) is 5.41 Å². The number of hydrogen-bond donors (Lipinski definition) is 5. The van der Waals surface area contributed by atoms with Crippen LogP contribution in [0.15, 0.2) is 42.5 Å². The number of benzene rings is 2. The number of likely N-dealkylation sites (tertiary alicyclic amines) is 1. The van der Waals surface area contributed by atoms with E-state index in [0.717, 1.165) is 32.2 Å². The van der Waals surface area contributed by atoms with E-state index in [4.69, 9.17) is 27.9 Å². The maximum absolute atomic E-state index is 12.9. The van der Waals surface area contributed by atoms with E-state index in [1.54, 1.807) is 42.5 Å². The van der Waals surface area contributed by atoms with E-state index in [1.165, 1.54) is 0 Å². The van der Waals surface area contributed by atoms with Gasteiger partial charge in [0.2, 0.25) is 0 Å². The number of nitrogen functional groups attached to an aromatic ring is 1. The number of carboxylic acids is 1. The second kappa shape index (κ2) is 11.7. The van der Waals surface area contributed by atoms with Crippen molar-refractivity contribution < 1.29 is 14.7 Å². The maximum atomic E-state index is 12.9. The van der Waals surface area contributed by atoms with Gasteiger partial charge in [0.15, 0.2) is 0 Å². The number of piperidine rings is 1. The SMILES string of the molecule is N=C(N)c1ccc(NC(=O)c2cc(Cl)ccc2NCCC2CCCCN2CCC(=O)O)cc1. The summed E-state index contributed by atoms with van der Waals surface area (Å²) in [6.45, 7) is 2.15. The van der Waals surface area contributed by atoms with Crippen molar-refractivity contribution in [3.8, 4) is 0 Å². The summed E-state index contributed by atoms with van der Waals surface area (Å²) in [6, 6.07) is 12.2. The van der Waals surface area contributed by atoms with Gasteiger partial charge in [-0.05, 0) is 68.3 Å². The van der Waals surface area contributed by atoms with E-state index in [9.17, 15) is 9.59 Å². The summed E-state index contributed by atoms with van der Waals surface area (Å²) in [5.41, 5.74) is 7.77. The summed E-state index contributed by atoms with van der Waals surface area (Å²) in [7, 11) is 0. The molecule has 6 N–H and O–H groups in total. The fourth-order valence-corrected chi connectivity index (χ4v) is 4.26. The molecule has 0 spiro atoms. The fraction of sp³-hybridized carbons (Fsp3) is 0.375. The minimum Gasteiger partial charge on any atom is -0.481 e. The number of rotatable bonds is 10. The minimum absolute atomic E-state index is 0.0336. The largest absolute Gasteiger partial charge is 0.481 e. The van der Waals surface area contributed by atoms with E-state index in [1.807, 2.05) is 0 Å². The number of carbonyl (C=O) groups is 2. The minimum atomic E-state index is -0.773. The Morgan fingerprint density at radius 2 is 1.94 bits per heavy atom. The molecule has 1 saturated heterocycles. The van der Waals surface area contributed by atoms with E-state index in [-0.39, 0.29) is 18.2 Å². The molecular weight excluding hydrogens is 442 g/mol. The summed E-state index contributed by atoms with van der Waals surface area (Å²) in [5, 5.41) is 23.1. The number of aliphatic carboxylic acids is 1. The molecule has 1 heterocycles. The smallest absolute Gasteiger partial charge is 0.304 e. The van der Waals surface area contributed by atoms with Crippen molar-refractivity contribution in [2.45, 2.75) is 38.1 Å². The Balaban J connectivity index is 1.62. The zero-order chi connectivity index (χ0) is 23.8. The van der Waals surface area contributed by atoms with Crippen LogP contribution in [0.1, 0.15) is 48.0 Å². The van der Waals surface area contributed by atoms with Crippen molar-refractivity contribution in [1.82, 2.24) is 4.90 Å². The van der Waals surface area contributed by atoms with Gasteiger partial charge < -0.3 is 21.5 Å². The summed E-state index contributed by atoms with van der Waals surface area (Å²) in [4.78, 5) is 26.1. The molecule has 0 radical (unpaired) electrons. The molecule has 1 unspecified atom stereocenters. The maximum Gasteiger partial charge on any atom is 0.304 e. The predicted molar refractivity (Wildman–Crippen MR) is 131 cm³/mol. The van der Waals surface area contributed by atoms with Crippen molar-refractivity contribution >= 4 is 40.7 Å². The second-order valence-corrected chi connectivity index (χ2v) is 8.62. The van der Waals surface area contributed by atoms with Gasteiger partial charge in [-0.3, -0.25) is 19.9 Å². The van der Waals surface area contributed by atoms with Gasteiger partial charge in [0.25, 0.3) is 5.91 Å². The monoisotopic (exact) mass is 471 g/mol. The molecule has 0 aromatic heterocycles. The van der Waals surface area contributed by atoms with E-state index < -0.39 is 5.97 Å². The molecule has 1 atom stereocenters. The van der Waals surface area contributed by atoms with Crippen LogP contribution >= 0.6 is 11.6 Å². The predicted octanol–water partition coefficient (Wildman–Crippen LogP) is 4.01. The number of nitrogens with zero attached hydrogens (tertiary/aromatic N) is 1. The quantitative estimate of drug-likeness (QED) is 0.263. The Morgan fingerprint density at radius 1 is 1.18 bits per heavy atom. The highest BCUT2D eigenvalue weighted by Crippen LogP contribution is 2.24. The van der Waals surface area contributed by atoms with Crippen LogP contribution < -0.4 is 16.4 Å². The lowest BCUT2D eigenvalue weighted by Crippen LogP contribution is -2.41. The van der Waals surface area contributed by atoms with Crippen LogP contribution in [0.4, 0.5) is 11.4 Å². The van der Waals surface area contributed by atoms with Gasteiger partial charge in [0.1, 0.15) is 5.84 Å². The molecule has 0 saturated carbocycles. The normalized spacial score (nSPS) is 16.2. The topological polar surface area (TPSA) is 132 Å². The van der Waals surface area contributed by atoms with E-state index in [2.05, 4.69) is 15.5 Å². The second-order valence-electron chi connectivity index (χ2n) is 8.18. The third-order valence-electron chi connectivity index (χ3n) is 5.83. The third kappa shape index (κ3) is 7.20. The molecule has 33 heavy (non-hydrogen) atoms. The molecule has 176 valence electrons. The van der Waals surface area contributed by atoms with E-state index >= 15 is 0 Å². The number of amidine groups is 1. The zero-order valence-electron chi connectivity index (χ0n) is 18.4. The van der Waals surface area contributed by atoms with E-state index in [0.29, 0.717) is 46.7 Å². The molecule has 1 aliphatic rings. The summed E-state index contributed by atoms with van der Waals surface area (Å²) < 4.78 is 0. The number of amides is 1.